The Morgan fingerprint density at radius 3 is 2.79 bits per heavy atom. The summed E-state index contributed by atoms with van der Waals surface area (Å²) in [6, 6.07) is 9.98. The molecule has 0 spiro atoms. The molecule has 1 aromatic heterocycles. The molecule has 1 saturated heterocycles. The molecule has 2 fully saturated rings. The monoisotopic (exact) mass is 412 g/mol. The standard InChI is InChI=1S/C20H20N4O2S2/c1-20(2,13-6-4-3-5-7-13)24-19-23-17(26)15(28-19)10-14-11-21-18(27-14)22-16(25)12-8-9-12/h3-7,10-12H,8-9H2,1-2H3,(H,21,22,25)(H,23,24,26)/b15-10-. The average Bonchev–Trinajstić information content (AvgIpc) is 3.35. The number of hydrogen-bond donors (Lipinski definition) is 2. The summed E-state index contributed by atoms with van der Waals surface area (Å²) in [5.74, 6) is -0.0164. The third-order valence-electron chi connectivity index (χ3n) is 4.49. The molecular weight excluding hydrogens is 392 g/mol. The molecule has 8 heteroatoms. The number of nitrogens with zero attached hydrogens (tertiary/aromatic N) is 2. The van der Waals surface area contributed by atoms with Gasteiger partial charge in [0.1, 0.15) is 0 Å². The van der Waals surface area contributed by atoms with Crippen molar-refractivity contribution in [3.05, 3.63) is 51.9 Å². The van der Waals surface area contributed by atoms with Crippen LogP contribution in [0, 0.1) is 5.92 Å². The van der Waals surface area contributed by atoms with Gasteiger partial charge in [0, 0.05) is 12.1 Å². The van der Waals surface area contributed by atoms with Gasteiger partial charge < -0.3 is 10.6 Å². The van der Waals surface area contributed by atoms with Gasteiger partial charge >= 0.3 is 0 Å². The highest BCUT2D eigenvalue weighted by molar-refractivity contribution is 8.18. The number of thioether (sulfide) groups is 1. The summed E-state index contributed by atoms with van der Waals surface area (Å²) >= 11 is 2.67. The molecule has 1 saturated carbocycles. The van der Waals surface area contributed by atoms with E-state index in [2.05, 4.69) is 15.6 Å². The van der Waals surface area contributed by atoms with Crippen molar-refractivity contribution in [2.45, 2.75) is 32.2 Å². The van der Waals surface area contributed by atoms with Crippen LogP contribution in [0.25, 0.3) is 6.08 Å². The predicted molar refractivity (Wildman–Crippen MR) is 114 cm³/mol. The third-order valence-corrected chi connectivity index (χ3v) is 6.26. The number of aromatic nitrogens is 1. The summed E-state index contributed by atoms with van der Waals surface area (Å²) < 4.78 is 0. The number of aliphatic imine (C=N–C) groups is 1. The van der Waals surface area contributed by atoms with Crippen LogP contribution < -0.4 is 10.6 Å². The van der Waals surface area contributed by atoms with Gasteiger partial charge in [-0.3, -0.25) is 14.6 Å². The molecule has 0 unspecified atom stereocenters. The molecule has 0 atom stereocenters. The zero-order chi connectivity index (χ0) is 19.7. The minimum absolute atomic E-state index is 0.0269. The van der Waals surface area contributed by atoms with E-state index in [1.54, 1.807) is 12.3 Å². The Labute approximate surface area is 171 Å². The Bertz CT molecular complexity index is 975. The number of thiazole rings is 1. The molecule has 2 amide bonds. The highest BCUT2D eigenvalue weighted by Gasteiger charge is 2.30. The smallest absolute Gasteiger partial charge is 0.264 e. The number of amidine groups is 1. The quantitative estimate of drug-likeness (QED) is 0.728. The number of anilines is 1. The lowest BCUT2D eigenvalue weighted by Crippen LogP contribution is -2.24. The number of nitrogens with one attached hydrogen (secondary N) is 2. The molecular formula is C20H20N4O2S2. The normalized spacial score (nSPS) is 19.9. The predicted octanol–water partition coefficient (Wildman–Crippen LogP) is 3.99. The molecule has 0 bridgehead atoms. The van der Waals surface area contributed by atoms with Gasteiger partial charge in [-0.25, -0.2) is 4.98 Å². The van der Waals surface area contributed by atoms with Crippen molar-refractivity contribution in [2.75, 3.05) is 5.32 Å². The second-order valence-corrected chi connectivity index (χ2v) is 9.33. The van der Waals surface area contributed by atoms with Gasteiger partial charge in [0.2, 0.25) is 5.91 Å². The summed E-state index contributed by atoms with van der Waals surface area (Å²) in [5, 5.41) is 6.80. The van der Waals surface area contributed by atoms with E-state index in [4.69, 9.17) is 4.99 Å². The number of rotatable bonds is 5. The highest BCUT2D eigenvalue weighted by atomic mass is 32.2. The van der Waals surface area contributed by atoms with Crippen LogP contribution >= 0.6 is 23.1 Å². The van der Waals surface area contributed by atoms with Crippen LogP contribution in [0.2, 0.25) is 0 Å². The summed E-state index contributed by atoms with van der Waals surface area (Å²) in [7, 11) is 0. The van der Waals surface area contributed by atoms with Crippen LogP contribution in [0.4, 0.5) is 5.13 Å². The number of hydrogen-bond acceptors (Lipinski definition) is 6. The molecule has 0 radical (unpaired) electrons. The molecule has 2 aromatic rings. The second-order valence-electron chi connectivity index (χ2n) is 7.24. The van der Waals surface area contributed by atoms with Gasteiger partial charge in [-0.05, 0) is 50.1 Å². The first-order valence-electron chi connectivity index (χ1n) is 9.04. The van der Waals surface area contributed by atoms with Crippen LogP contribution in [-0.2, 0) is 15.1 Å². The van der Waals surface area contributed by atoms with E-state index in [0.717, 1.165) is 23.3 Å². The highest BCUT2D eigenvalue weighted by Crippen LogP contribution is 2.33. The van der Waals surface area contributed by atoms with E-state index in [1.165, 1.54) is 23.1 Å². The van der Waals surface area contributed by atoms with Gasteiger partial charge in [-0.1, -0.05) is 41.7 Å². The third kappa shape index (κ3) is 4.34. The van der Waals surface area contributed by atoms with Crippen molar-refractivity contribution in [1.82, 2.24) is 10.3 Å². The minimum Gasteiger partial charge on any atom is -0.302 e. The molecule has 144 valence electrons. The Hall–Kier alpha value is -2.45. The number of benzene rings is 1. The summed E-state index contributed by atoms with van der Waals surface area (Å²) in [6.07, 6.45) is 5.35. The fraction of sp³-hybridized carbons (Fsp3) is 0.300. The van der Waals surface area contributed by atoms with Crippen LogP contribution in [-0.4, -0.2) is 22.0 Å². The van der Waals surface area contributed by atoms with E-state index in [0.29, 0.717) is 15.2 Å². The minimum atomic E-state index is -0.447. The topological polar surface area (TPSA) is 83.4 Å². The SMILES string of the molecule is CC(C)(N=C1NC(=O)/C(=C/c2cnc(NC(=O)C3CC3)s2)S1)c1ccccc1. The van der Waals surface area contributed by atoms with E-state index >= 15 is 0 Å². The molecule has 1 aliphatic heterocycles. The summed E-state index contributed by atoms with van der Waals surface area (Å²) in [5.41, 5.74) is 0.630. The maximum absolute atomic E-state index is 12.3. The summed E-state index contributed by atoms with van der Waals surface area (Å²) in [4.78, 5) is 34.5. The number of carbonyl (C=O) groups excluding carboxylic acids is 2. The van der Waals surface area contributed by atoms with Crippen LogP contribution in [0.1, 0.15) is 37.1 Å². The number of carbonyl (C=O) groups is 2. The van der Waals surface area contributed by atoms with E-state index < -0.39 is 5.54 Å². The molecule has 2 aliphatic rings. The molecule has 1 aliphatic carbocycles. The molecule has 6 nitrogen and oxygen atoms in total. The first-order valence-corrected chi connectivity index (χ1v) is 10.7. The van der Waals surface area contributed by atoms with Crippen molar-refractivity contribution in [1.29, 1.82) is 0 Å². The van der Waals surface area contributed by atoms with Gasteiger partial charge in [0.25, 0.3) is 5.91 Å². The Kier molecular flexibility index (Phi) is 5.07. The molecule has 28 heavy (non-hydrogen) atoms. The lowest BCUT2D eigenvalue weighted by Gasteiger charge is -2.20. The molecule has 1 aromatic carbocycles. The molecule has 2 heterocycles. The van der Waals surface area contributed by atoms with E-state index in [1.807, 2.05) is 44.2 Å². The second kappa shape index (κ2) is 7.52. The van der Waals surface area contributed by atoms with E-state index in [9.17, 15) is 9.59 Å². The van der Waals surface area contributed by atoms with E-state index in [-0.39, 0.29) is 17.7 Å². The fourth-order valence-corrected chi connectivity index (χ4v) is 4.53. The van der Waals surface area contributed by atoms with Gasteiger partial charge in [0.05, 0.1) is 15.3 Å². The van der Waals surface area contributed by atoms with Crippen LogP contribution in [0.5, 0.6) is 0 Å². The van der Waals surface area contributed by atoms with Crippen LogP contribution in [0.3, 0.4) is 0 Å². The zero-order valence-corrected chi connectivity index (χ0v) is 17.2. The lowest BCUT2D eigenvalue weighted by molar-refractivity contribution is -0.117. The van der Waals surface area contributed by atoms with Crippen molar-refractivity contribution < 1.29 is 9.59 Å². The number of amides is 2. The first-order chi connectivity index (χ1) is 13.4. The van der Waals surface area contributed by atoms with Crippen molar-refractivity contribution in [2.24, 2.45) is 10.9 Å². The lowest BCUT2D eigenvalue weighted by atomic mass is 9.95. The average molecular weight is 413 g/mol. The maximum atomic E-state index is 12.3. The largest absolute Gasteiger partial charge is 0.302 e. The van der Waals surface area contributed by atoms with Crippen molar-refractivity contribution in [3.8, 4) is 0 Å². The molecule has 4 rings (SSSR count). The van der Waals surface area contributed by atoms with Gasteiger partial charge in [-0.15, -0.1) is 0 Å². The van der Waals surface area contributed by atoms with Crippen molar-refractivity contribution in [3.63, 3.8) is 0 Å². The Morgan fingerprint density at radius 2 is 2.07 bits per heavy atom. The van der Waals surface area contributed by atoms with Gasteiger partial charge in [0.15, 0.2) is 10.3 Å². The van der Waals surface area contributed by atoms with Gasteiger partial charge in [-0.2, -0.15) is 0 Å². The van der Waals surface area contributed by atoms with Crippen LogP contribution in [0.15, 0.2) is 46.4 Å². The Balaban J connectivity index is 1.47. The first kappa shape index (κ1) is 18.9. The fourth-order valence-electron chi connectivity index (χ4n) is 2.74. The Morgan fingerprint density at radius 1 is 1.32 bits per heavy atom. The van der Waals surface area contributed by atoms with Crippen molar-refractivity contribution >= 4 is 51.3 Å². The maximum Gasteiger partial charge on any atom is 0.264 e. The summed E-state index contributed by atoms with van der Waals surface area (Å²) in [6.45, 7) is 4.03. The molecule has 2 N–H and O–H groups in total. The zero-order valence-electron chi connectivity index (χ0n) is 15.6.